The number of fused-ring (bicyclic) bond motifs is 6. The van der Waals surface area contributed by atoms with Gasteiger partial charge in [0.2, 0.25) is 0 Å². The molecular weight excluding hydrogens is 664 g/mol. The van der Waals surface area contributed by atoms with Crippen molar-refractivity contribution in [1.29, 1.82) is 0 Å². The molecule has 5 aromatic rings. The van der Waals surface area contributed by atoms with Gasteiger partial charge in [0.25, 0.3) is 14.7 Å². The van der Waals surface area contributed by atoms with Crippen molar-refractivity contribution < 1.29 is 22.9 Å². The molecule has 0 spiro atoms. The van der Waals surface area contributed by atoms with Crippen LogP contribution in [0.15, 0.2) is 111 Å². The van der Waals surface area contributed by atoms with Crippen LogP contribution in [0.5, 0.6) is 11.5 Å². The number of benzene rings is 4. The summed E-state index contributed by atoms with van der Waals surface area (Å²) in [4.78, 5) is 41.5. The zero-order valence-corrected chi connectivity index (χ0v) is 28.7. The van der Waals surface area contributed by atoms with Crippen LogP contribution in [-0.4, -0.2) is 39.2 Å². The van der Waals surface area contributed by atoms with Crippen LogP contribution in [0, 0.1) is 0 Å². The van der Waals surface area contributed by atoms with E-state index >= 15 is 0 Å². The minimum Gasteiger partial charge on any atom is -0.439 e. The summed E-state index contributed by atoms with van der Waals surface area (Å²) in [6.45, 7) is 1.77. The summed E-state index contributed by atoms with van der Waals surface area (Å²) in [5.41, 5.74) is 0.536. The fraction of sp³-hybridized carbons (Fsp3) is 0.250. The van der Waals surface area contributed by atoms with Gasteiger partial charge in [0.15, 0.2) is 0 Å². The Morgan fingerprint density at radius 1 is 0.531 bits per heavy atom. The van der Waals surface area contributed by atoms with E-state index in [9.17, 15) is 23.5 Å². The van der Waals surface area contributed by atoms with Gasteiger partial charge in [0.05, 0.1) is 36.1 Å². The second-order valence-corrected chi connectivity index (χ2v) is 16.8. The number of ether oxygens (including phenoxy) is 1. The third kappa shape index (κ3) is 5.97. The number of rotatable bonds is 11. The number of para-hydroxylation sites is 2. The summed E-state index contributed by atoms with van der Waals surface area (Å²) in [5.74, 6) is 0.901. The molecule has 13 heteroatoms. The van der Waals surface area contributed by atoms with Gasteiger partial charge in [-0.2, -0.15) is 0 Å². The van der Waals surface area contributed by atoms with Crippen molar-refractivity contribution in [2.24, 2.45) is 0 Å². The highest BCUT2D eigenvalue weighted by Gasteiger charge is 2.38. The Bertz CT molecular complexity index is 2190. The molecule has 2 atom stereocenters. The predicted octanol–water partition coefficient (Wildman–Crippen LogP) is 4.92. The Morgan fingerprint density at radius 2 is 0.918 bits per heavy atom. The van der Waals surface area contributed by atoms with E-state index in [-0.39, 0.29) is 38.6 Å². The van der Waals surface area contributed by atoms with E-state index < -0.39 is 31.8 Å². The van der Waals surface area contributed by atoms with Crippen LogP contribution in [0.25, 0.3) is 22.3 Å². The molecule has 0 saturated carbocycles. The Balaban J connectivity index is 1.24. The molecule has 11 nitrogen and oxygen atoms in total. The van der Waals surface area contributed by atoms with Crippen molar-refractivity contribution in [1.82, 2.24) is 13.7 Å². The van der Waals surface area contributed by atoms with E-state index in [1.54, 1.807) is 48.5 Å². The lowest BCUT2D eigenvalue weighted by atomic mass is 10.0. The monoisotopic (exact) mass is 699 g/mol. The van der Waals surface area contributed by atoms with Crippen molar-refractivity contribution in [2.75, 3.05) is 25.5 Å². The molecule has 0 aliphatic carbocycles. The van der Waals surface area contributed by atoms with E-state index in [1.165, 1.54) is 0 Å². The molecule has 0 radical (unpaired) electrons. The van der Waals surface area contributed by atoms with Crippen LogP contribution >= 0.6 is 14.7 Å². The zero-order chi connectivity index (χ0) is 34.2. The SMILES string of the molecule is CCCOCCn1c(=O)n(CCP2(=O)Oc3ccccc3-c3ccccc32)c(=O)n(CCP2(=O)Oc3ccccc3-c3ccccc32)c1=O. The topological polar surface area (TPSA) is 128 Å². The molecule has 0 N–H and O–H groups in total. The Labute approximate surface area is 282 Å². The van der Waals surface area contributed by atoms with Gasteiger partial charge in [0.1, 0.15) is 11.5 Å². The second kappa shape index (κ2) is 13.3. The van der Waals surface area contributed by atoms with Gasteiger partial charge in [-0.05, 0) is 41.8 Å². The fourth-order valence-corrected chi connectivity index (χ4v) is 10.9. The first kappa shape index (κ1) is 32.8. The number of aromatic nitrogens is 3. The summed E-state index contributed by atoms with van der Waals surface area (Å²) < 4.78 is 49.6. The molecule has 4 aromatic carbocycles. The van der Waals surface area contributed by atoms with Gasteiger partial charge in [-0.3, -0.25) is 9.13 Å². The summed E-state index contributed by atoms with van der Waals surface area (Å²) in [6, 6.07) is 29.0. The van der Waals surface area contributed by atoms with Crippen LogP contribution in [0.1, 0.15) is 13.3 Å². The maximum absolute atomic E-state index is 14.5. The quantitative estimate of drug-likeness (QED) is 0.140. The van der Waals surface area contributed by atoms with Crippen LogP contribution in [0.2, 0.25) is 0 Å². The minimum atomic E-state index is -3.61. The normalized spacial score (nSPS) is 18.7. The largest absolute Gasteiger partial charge is 0.439 e. The molecule has 2 unspecified atom stereocenters. The molecule has 0 fully saturated rings. The molecule has 0 bridgehead atoms. The first-order valence-electron chi connectivity index (χ1n) is 16.2. The van der Waals surface area contributed by atoms with Gasteiger partial charge >= 0.3 is 17.1 Å². The summed E-state index contributed by atoms with van der Waals surface area (Å²) in [7, 11) is -7.23. The van der Waals surface area contributed by atoms with Crippen molar-refractivity contribution in [3.05, 3.63) is 129 Å². The van der Waals surface area contributed by atoms with Crippen molar-refractivity contribution in [3.63, 3.8) is 0 Å². The molecule has 2 aliphatic heterocycles. The van der Waals surface area contributed by atoms with Gasteiger partial charge in [-0.1, -0.05) is 79.7 Å². The third-order valence-electron chi connectivity index (χ3n) is 8.82. The Morgan fingerprint density at radius 3 is 1.37 bits per heavy atom. The van der Waals surface area contributed by atoms with E-state index in [0.717, 1.165) is 42.4 Å². The smallest absolute Gasteiger partial charge is 0.336 e. The molecule has 49 heavy (non-hydrogen) atoms. The highest BCUT2D eigenvalue weighted by Crippen LogP contribution is 2.55. The third-order valence-corrected chi connectivity index (χ3v) is 13.6. The van der Waals surface area contributed by atoms with E-state index in [2.05, 4.69) is 0 Å². The molecule has 1 aromatic heterocycles. The van der Waals surface area contributed by atoms with Crippen molar-refractivity contribution in [2.45, 2.75) is 33.0 Å². The maximum Gasteiger partial charge on any atom is 0.336 e. The lowest BCUT2D eigenvalue weighted by Gasteiger charge is -2.29. The molecule has 2 aliphatic rings. The van der Waals surface area contributed by atoms with Crippen LogP contribution in [0.4, 0.5) is 0 Å². The number of hydrogen-bond donors (Lipinski definition) is 0. The molecular formula is C36H35N3O8P2. The molecule has 0 amide bonds. The van der Waals surface area contributed by atoms with E-state index in [1.807, 2.05) is 55.5 Å². The Hall–Kier alpha value is -4.69. The second-order valence-electron chi connectivity index (χ2n) is 11.9. The average molecular weight is 700 g/mol. The Kier molecular flexibility index (Phi) is 8.92. The molecule has 252 valence electrons. The van der Waals surface area contributed by atoms with E-state index in [4.69, 9.17) is 13.8 Å². The lowest BCUT2D eigenvalue weighted by Crippen LogP contribution is -2.55. The zero-order valence-electron chi connectivity index (χ0n) is 26.9. The van der Waals surface area contributed by atoms with Crippen LogP contribution in [-0.2, 0) is 33.5 Å². The van der Waals surface area contributed by atoms with Gasteiger partial charge in [0, 0.05) is 30.8 Å². The van der Waals surface area contributed by atoms with Gasteiger partial charge in [-0.25, -0.2) is 28.1 Å². The summed E-state index contributed by atoms with van der Waals surface area (Å²) in [5, 5.41) is 0.990. The molecule has 7 rings (SSSR count). The summed E-state index contributed by atoms with van der Waals surface area (Å²) >= 11 is 0. The van der Waals surface area contributed by atoms with Gasteiger partial charge in [-0.15, -0.1) is 0 Å². The fourth-order valence-electron chi connectivity index (χ4n) is 6.40. The number of hydrogen-bond acceptors (Lipinski definition) is 8. The first-order chi connectivity index (χ1) is 23.7. The van der Waals surface area contributed by atoms with E-state index in [0.29, 0.717) is 28.7 Å². The van der Waals surface area contributed by atoms with Gasteiger partial charge < -0.3 is 13.8 Å². The minimum absolute atomic E-state index is 0.0682. The van der Waals surface area contributed by atoms with Crippen molar-refractivity contribution >= 4 is 25.3 Å². The first-order valence-corrected chi connectivity index (χ1v) is 19.8. The lowest BCUT2D eigenvalue weighted by molar-refractivity contribution is 0.123. The standard InChI is InChI=1S/C36H35N3O8P2/c1-2-22-45-23-19-37-34(40)38(20-24-48(43)32-17-9-5-13-28(32)26-11-3-7-15-30(26)46-48)36(42)39(35(37)41)21-25-49(44)33-18-10-6-14-29(33)27-12-4-8-16-31(27)47-49/h3-18H,2,19-25H2,1H3. The highest BCUT2D eigenvalue weighted by atomic mass is 31.2. The summed E-state index contributed by atoms with van der Waals surface area (Å²) in [6.07, 6.45) is 0.395. The maximum atomic E-state index is 14.5. The predicted molar refractivity (Wildman–Crippen MR) is 190 cm³/mol. The van der Waals surface area contributed by atoms with Crippen LogP contribution < -0.4 is 36.7 Å². The number of nitrogens with zero attached hydrogens (tertiary/aromatic N) is 3. The van der Waals surface area contributed by atoms with Crippen molar-refractivity contribution in [3.8, 4) is 33.8 Å². The molecule has 0 saturated heterocycles. The van der Waals surface area contributed by atoms with Crippen LogP contribution in [0.3, 0.4) is 0 Å². The molecule has 3 heterocycles. The average Bonchev–Trinajstić information content (AvgIpc) is 3.11. The highest BCUT2D eigenvalue weighted by molar-refractivity contribution is 7.68.